The van der Waals surface area contributed by atoms with Crippen molar-refractivity contribution >= 4 is 0 Å². The van der Waals surface area contributed by atoms with Gasteiger partial charge in [-0.05, 0) is 64.2 Å². The highest BCUT2D eigenvalue weighted by Crippen LogP contribution is 2.22. The van der Waals surface area contributed by atoms with Gasteiger partial charge in [-0.25, -0.2) is 0 Å². The number of aliphatic hydroxyl groups is 1. The van der Waals surface area contributed by atoms with Crippen molar-refractivity contribution in [1.29, 1.82) is 0 Å². The summed E-state index contributed by atoms with van der Waals surface area (Å²) in [5, 5.41) is 9.55. The molecule has 0 aromatic carbocycles. The molecule has 3 N–H and O–H groups in total. The smallest absolute Gasteiger partial charge is 0.0601 e. The largest absolute Gasteiger partial charge is 0.395 e. The van der Waals surface area contributed by atoms with Gasteiger partial charge in [-0.3, -0.25) is 4.90 Å². The molecular formula is C15H31N3O. The maximum Gasteiger partial charge on any atom is 0.0601 e. The lowest BCUT2D eigenvalue weighted by molar-refractivity contribution is 0.0641. The predicted octanol–water partition coefficient (Wildman–Crippen LogP) is 0.892. The van der Waals surface area contributed by atoms with E-state index in [0.29, 0.717) is 0 Å². The molecule has 4 nitrogen and oxygen atoms in total. The van der Waals surface area contributed by atoms with Gasteiger partial charge in [0.15, 0.2) is 0 Å². The molecule has 0 radical (unpaired) electrons. The lowest BCUT2D eigenvalue weighted by Gasteiger charge is -2.40. The molecule has 0 saturated carbocycles. The standard InChI is InChI=1S/C15H31N3O/c1-2-14(16)15(12-19)18-9-5-13(6-10-18)11-17-7-3-4-8-17/h13-15,19H,2-12,16H2,1H3. The third-order valence-corrected chi connectivity index (χ3v) is 4.99. The molecule has 112 valence electrons. The first-order valence-corrected chi connectivity index (χ1v) is 8.07. The molecule has 2 rings (SSSR count). The lowest BCUT2D eigenvalue weighted by Crippen LogP contribution is -2.53. The highest BCUT2D eigenvalue weighted by Gasteiger charge is 2.28. The Morgan fingerprint density at radius 1 is 1.16 bits per heavy atom. The van der Waals surface area contributed by atoms with Gasteiger partial charge in [0.1, 0.15) is 0 Å². The summed E-state index contributed by atoms with van der Waals surface area (Å²) in [6.45, 7) is 8.42. The van der Waals surface area contributed by atoms with Gasteiger partial charge in [0.25, 0.3) is 0 Å². The van der Waals surface area contributed by atoms with Crippen LogP contribution in [0.3, 0.4) is 0 Å². The molecule has 0 bridgehead atoms. The van der Waals surface area contributed by atoms with E-state index in [4.69, 9.17) is 5.73 Å². The summed E-state index contributed by atoms with van der Waals surface area (Å²) < 4.78 is 0. The van der Waals surface area contributed by atoms with E-state index in [2.05, 4.69) is 16.7 Å². The molecule has 2 atom stereocenters. The Hall–Kier alpha value is -0.160. The molecule has 4 heteroatoms. The summed E-state index contributed by atoms with van der Waals surface area (Å²) >= 11 is 0. The van der Waals surface area contributed by atoms with Crippen LogP contribution in [-0.4, -0.2) is 66.3 Å². The summed E-state index contributed by atoms with van der Waals surface area (Å²) in [6, 6.07) is 0.276. The minimum atomic E-state index is 0.111. The van der Waals surface area contributed by atoms with Gasteiger partial charge in [-0.2, -0.15) is 0 Å². The topological polar surface area (TPSA) is 52.7 Å². The Morgan fingerprint density at radius 2 is 1.79 bits per heavy atom. The van der Waals surface area contributed by atoms with Crippen molar-refractivity contribution in [2.24, 2.45) is 11.7 Å². The van der Waals surface area contributed by atoms with Crippen LogP contribution in [0.25, 0.3) is 0 Å². The summed E-state index contributed by atoms with van der Waals surface area (Å²) in [7, 11) is 0. The van der Waals surface area contributed by atoms with Crippen molar-refractivity contribution in [3.8, 4) is 0 Å². The SMILES string of the molecule is CCC(N)C(CO)N1CCC(CN2CCCC2)CC1. The highest BCUT2D eigenvalue weighted by atomic mass is 16.3. The summed E-state index contributed by atoms with van der Waals surface area (Å²) in [5.74, 6) is 0.853. The molecule has 2 aliphatic heterocycles. The van der Waals surface area contributed by atoms with Gasteiger partial charge < -0.3 is 15.7 Å². The average molecular weight is 269 g/mol. The Morgan fingerprint density at radius 3 is 2.32 bits per heavy atom. The fraction of sp³-hybridized carbons (Fsp3) is 1.00. The zero-order chi connectivity index (χ0) is 13.7. The molecule has 0 aromatic heterocycles. The van der Waals surface area contributed by atoms with Crippen molar-refractivity contribution in [2.45, 2.75) is 51.1 Å². The quantitative estimate of drug-likeness (QED) is 0.752. The van der Waals surface area contributed by atoms with E-state index >= 15 is 0 Å². The minimum Gasteiger partial charge on any atom is -0.395 e. The van der Waals surface area contributed by atoms with Gasteiger partial charge >= 0.3 is 0 Å². The van der Waals surface area contributed by atoms with Crippen LogP contribution in [0.4, 0.5) is 0 Å². The molecule has 2 heterocycles. The number of hydrogen-bond donors (Lipinski definition) is 2. The molecule has 0 aromatic rings. The van der Waals surface area contributed by atoms with E-state index < -0.39 is 0 Å². The van der Waals surface area contributed by atoms with Gasteiger partial charge in [-0.15, -0.1) is 0 Å². The first kappa shape index (κ1) is 15.2. The summed E-state index contributed by atoms with van der Waals surface area (Å²) in [5.41, 5.74) is 6.12. The molecule has 2 unspecified atom stereocenters. The van der Waals surface area contributed by atoms with Crippen LogP contribution in [0.5, 0.6) is 0 Å². The molecule has 19 heavy (non-hydrogen) atoms. The van der Waals surface area contributed by atoms with Crippen LogP contribution in [0.1, 0.15) is 39.0 Å². The van der Waals surface area contributed by atoms with Crippen molar-refractivity contribution in [3.63, 3.8) is 0 Å². The third-order valence-electron chi connectivity index (χ3n) is 4.99. The van der Waals surface area contributed by atoms with Crippen molar-refractivity contribution < 1.29 is 5.11 Å². The van der Waals surface area contributed by atoms with Crippen LogP contribution >= 0.6 is 0 Å². The fourth-order valence-electron chi connectivity index (χ4n) is 3.59. The summed E-state index contributed by atoms with van der Waals surface area (Å²) in [6.07, 6.45) is 6.25. The van der Waals surface area contributed by atoms with Crippen molar-refractivity contribution in [1.82, 2.24) is 9.80 Å². The van der Waals surface area contributed by atoms with E-state index in [1.54, 1.807) is 0 Å². The Bertz CT molecular complexity index is 248. The van der Waals surface area contributed by atoms with Crippen LogP contribution in [0.2, 0.25) is 0 Å². The number of aliphatic hydroxyl groups excluding tert-OH is 1. The zero-order valence-electron chi connectivity index (χ0n) is 12.4. The number of nitrogens with two attached hydrogens (primary N) is 1. The Labute approximate surface area is 117 Å². The summed E-state index contributed by atoms with van der Waals surface area (Å²) in [4.78, 5) is 5.04. The maximum atomic E-state index is 9.55. The van der Waals surface area contributed by atoms with Gasteiger partial charge in [0, 0.05) is 18.6 Å². The second-order valence-corrected chi connectivity index (χ2v) is 6.31. The van der Waals surface area contributed by atoms with Crippen LogP contribution in [-0.2, 0) is 0 Å². The number of rotatable bonds is 6. The number of hydrogen-bond acceptors (Lipinski definition) is 4. The molecule has 0 spiro atoms. The minimum absolute atomic E-state index is 0.111. The number of piperidine rings is 1. The molecule has 0 amide bonds. The Kier molecular flexibility index (Phi) is 6.07. The predicted molar refractivity (Wildman–Crippen MR) is 79.1 cm³/mol. The van der Waals surface area contributed by atoms with E-state index in [-0.39, 0.29) is 18.7 Å². The molecule has 0 aliphatic carbocycles. The van der Waals surface area contributed by atoms with Crippen LogP contribution in [0.15, 0.2) is 0 Å². The van der Waals surface area contributed by atoms with Gasteiger partial charge in [-0.1, -0.05) is 6.92 Å². The zero-order valence-corrected chi connectivity index (χ0v) is 12.4. The van der Waals surface area contributed by atoms with E-state index in [0.717, 1.165) is 25.4 Å². The Balaban J connectivity index is 1.74. The second-order valence-electron chi connectivity index (χ2n) is 6.31. The highest BCUT2D eigenvalue weighted by molar-refractivity contribution is 4.85. The van der Waals surface area contributed by atoms with Crippen molar-refractivity contribution in [3.05, 3.63) is 0 Å². The van der Waals surface area contributed by atoms with Crippen molar-refractivity contribution in [2.75, 3.05) is 39.3 Å². The molecule has 2 aliphatic rings. The third kappa shape index (κ3) is 4.15. The van der Waals surface area contributed by atoms with E-state index in [9.17, 15) is 5.11 Å². The van der Waals surface area contributed by atoms with E-state index in [1.165, 1.54) is 45.3 Å². The molecule has 2 saturated heterocycles. The van der Waals surface area contributed by atoms with Crippen LogP contribution < -0.4 is 5.73 Å². The van der Waals surface area contributed by atoms with Crippen LogP contribution in [0, 0.1) is 5.92 Å². The average Bonchev–Trinajstić information content (AvgIpc) is 2.94. The normalized spacial score (nSPS) is 26.7. The first-order chi connectivity index (χ1) is 9.24. The van der Waals surface area contributed by atoms with Gasteiger partial charge in [0.05, 0.1) is 6.61 Å². The molecule has 2 fully saturated rings. The maximum absolute atomic E-state index is 9.55. The monoisotopic (exact) mass is 269 g/mol. The second kappa shape index (κ2) is 7.58. The lowest BCUT2D eigenvalue weighted by atomic mass is 9.93. The fourth-order valence-corrected chi connectivity index (χ4v) is 3.59. The first-order valence-electron chi connectivity index (χ1n) is 8.07. The number of nitrogens with zero attached hydrogens (tertiary/aromatic N) is 2. The number of likely N-dealkylation sites (tertiary alicyclic amines) is 2. The van der Waals surface area contributed by atoms with Gasteiger partial charge in [0.2, 0.25) is 0 Å². The molecular weight excluding hydrogens is 238 g/mol. The van der Waals surface area contributed by atoms with E-state index in [1.807, 2.05) is 0 Å².